The standard InChI is InChI=1S/C31H35N9O/c1-37-21-25(19-36-37)24-4-2-23(3-5-24)18-32-30-17-28(34-22-35-30)29-20-33-31-16-27(8-9-40(29)31)41-15-14-38-10-12-39(13-11-38)26-6-7-26/h2-5,8-9,16-17,19-22,26H,6-7,10-15,18H2,1H3,(H,32,34,35). The maximum Gasteiger partial charge on any atom is 0.140 e. The van der Waals surface area contributed by atoms with E-state index in [9.17, 15) is 0 Å². The van der Waals surface area contributed by atoms with E-state index >= 15 is 0 Å². The molecule has 41 heavy (non-hydrogen) atoms. The predicted octanol–water partition coefficient (Wildman–Crippen LogP) is 3.96. The molecule has 1 saturated carbocycles. The molecule has 1 N–H and O–H groups in total. The van der Waals surface area contributed by atoms with E-state index < -0.39 is 0 Å². The number of hydrogen-bond acceptors (Lipinski definition) is 8. The summed E-state index contributed by atoms with van der Waals surface area (Å²) in [5.74, 6) is 1.60. The monoisotopic (exact) mass is 549 g/mol. The highest BCUT2D eigenvalue weighted by atomic mass is 16.5. The van der Waals surface area contributed by atoms with Gasteiger partial charge in [-0.15, -0.1) is 0 Å². The Morgan fingerprint density at radius 1 is 0.927 bits per heavy atom. The zero-order valence-electron chi connectivity index (χ0n) is 23.4. The second-order valence-electron chi connectivity index (χ2n) is 10.9. The van der Waals surface area contributed by atoms with Gasteiger partial charge in [-0.05, 0) is 30.0 Å². The van der Waals surface area contributed by atoms with Gasteiger partial charge in [0.15, 0.2) is 0 Å². The van der Waals surface area contributed by atoms with Crippen molar-refractivity contribution in [3.8, 4) is 28.3 Å². The van der Waals surface area contributed by atoms with E-state index in [1.165, 1.54) is 31.5 Å². The summed E-state index contributed by atoms with van der Waals surface area (Å²) in [6.07, 6.45) is 12.1. The van der Waals surface area contributed by atoms with Crippen molar-refractivity contribution in [2.45, 2.75) is 25.4 Å². The van der Waals surface area contributed by atoms with Gasteiger partial charge in [0, 0.05) is 82.4 Å². The number of anilines is 1. The van der Waals surface area contributed by atoms with Crippen LogP contribution in [0, 0.1) is 0 Å². The second kappa shape index (κ2) is 11.3. The van der Waals surface area contributed by atoms with Crippen molar-refractivity contribution in [3.05, 3.63) is 79.1 Å². The number of aromatic nitrogens is 6. The van der Waals surface area contributed by atoms with Crippen molar-refractivity contribution in [1.82, 2.24) is 38.9 Å². The van der Waals surface area contributed by atoms with Gasteiger partial charge in [-0.25, -0.2) is 15.0 Å². The lowest BCUT2D eigenvalue weighted by Gasteiger charge is -2.34. The van der Waals surface area contributed by atoms with Crippen LogP contribution in [0.15, 0.2) is 73.6 Å². The van der Waals surface area contributed by atoms with Crippen LogP contribution < -0.4 is 10.1 Å². The molecule has 0 atom stereocenters. The number of rotatable bonds is 10. The lowest BCUT2D eigenvalue weighted by atomic mass is 10.1. The average molecular weight is 550 g/mol. The van der Waals surface area contributed by atoms with Crippen LogP contribution in [0.25, 0.3) is 28.2 Å². The molecule has 1 aliphatic heterocycles. The molecular weight excluding hydrogens is 514 g/mol. The number of fused-ring (bicyclic) bond motifs is 1. The molecule has 1 saturated heterocycles. The highest BCUT2D eigenvalue weighted by molar-refractivity contribution is 5.64. The lowest BCUT2D eigenvalue weighted by molar-refractivity contribution is 0.112. The van der Waals surface area contributed by atoms with E-state index in [2.05, 4.69) is 59.4 Å². The van der Waals surface area contributed by atoms with Gasteiger partial charge in [0.05, 0.1) is 23.8 Å². The van der Waals surface area contributed by atoms with Crippen molar-refractivity contribution in [3.63, 3.8) is 0 Å². The van der Waals surface area contributed by atoms with E-state index in [1.54, 1.807) is 6.33 Å². The normalized spacial score (nSPS) is 16.3. The number of pyridine rings is 1. The number of imidazole rings is 1. The maximum absolute atomic E-state index is 6.10. The van der Waals surface area contributed by atoms with Gasteiger partial charge >= 0.3 is 0 Å². The minimum Gasteiger partial charge on any atom is -0.492 e. The fourth-order valence-electron chi connectivity index (χ4n) is 5.50. The largest absolute Gasteiger partial charge is 0.492 e. The number of hydrogen-bond donors (Lipinski definition) is 1. The van der Waals surface area contributed by atoms with Gasteiger partial charge in [0.1, 0.15) is 30.1 Å². The summed E-state index contributed by atoms with van der Waals surface area (Å²) < 4.78 is 9.94. The van der Waals surface area contributed by atoms with Crippen molar-refractivity contribution in [1.29, 1.82) is 0 Å². The molecule has 1 aromatic carbocycles. The third-order valence-corrected chi connectivity index (χ3v) is 8.03. The smallest absolute Gasteiger partial charge is 0.140 e. The van der Waals surface area contributed by atoms with E-state index in [0.717, 1.165) is 65.4 Å². The summed E-state index contributed by atoms with van der Waals surface area (Å²) in [4.78, 5) is 18.7. The molecule has 0 radical (unpaired) electrons. The topological polar surface area (TPSA) is 88.6 Å². The lowest BCUT2D eigenvalue weighted by Crippen LogP contribution is -2.48. The van der Waals surface area contributed by atoms with Crippen LogP contribution in [-0.4, -0.2) is 84.3 Å². The molecule has 2 aliphatic rings. The number of ether oxygens (including phenoxy) is 1. The molecule has 10 heteroatoms. The number of benzene rings is 1. The third-order valence-electron chi connectivity index (χ3n) is 8.03. The molecule has 1 aliphatic carbocycles. The number of nitrogens with zero attached hydrogens (tertiary/aromatic N) is 8. The van der Waals surface area contributed by atoms with Gasteiger partial charge in [-0.2, -0.15) is 5.10 Å². The molecular formula is C31H35N9O. The molecule has 0 amide bonds. The summed E-state index contributed by atoms with van der Waals surface area (Å²) in [6.45, 7) is 6.94. The van der Waals surface area contributed by atoms with E-state index in [1.807, 2.05) is 59.1 Å². The van der Waals surface area contributed by atoms with Gasteiger partial charge in [-0.3, -0.25) is 18.9 Å². The zero-order valence-corrected chi connectivity index (χ0v) is 23.4. The molecule has 0 unspecified atom stereocenters. The molecule has 5 aromatic rings. The maximum atomic E-state index is 6.10. The minimum absolute atomic E-state index is 0.661. The zero-order chi connectivity index (χ0) is 27.6. The van der Waals surface area contributed by atoms with Crippen molar-refractivity contribution in [2.24, 2.45) is 7.05 Å². The van der Waals surface area contributed by atoms with Crippen LogP contribution in [0.1, 0.15) is 18.4 Å². The molecule has 210 valence electrons. The van der Waals surface area contributed by atoms with Gasteiger partial charge in [0.25, 0.3) is 0 Å². The fourth-order valence-corrected chi connectivity index (χ4v) is 5.50. The first-order chi connectivity index (χ1) is 20.2. The first-order valence-corrected chi connectivity index (χ1v) is 14.4. The van der Waals surface area contributed by atoms with E-state index in [0.29, 0.717) is 13.2 Å². The number of nitrogens with one attached hydrogen (secondary N) is 1. The Hall–Kier alpha value is -4.28. The summed E-state index contributed by atoms with van der Waals surface area (Å²) in [7, 11) is 1.93. The highest BCUT2D eigenvalue weighted by Gasteiger charge is 2.31. The van der Waals surface area contributed by atoms with Crippen molar-refractivity contribution < 1.29 is 4.74 Å². The molecule has 5 heterocycles. The van der Waals surface area contributed by atoms with Gasteiger partial charge in [-0.1, -0.05) is 24.3 Å². The van der Waals surface area contributed by atoms with Gasteiger partial charge in [0.2, 0.25) is 0 Å². The van der Waals surface area contributed by atoms with Crippen molar-refractivity contribution >= 4 is 11.5 Å². The van der Waals surface area contributed by atoms with Crippen LogP contribution >= 0.6 is 0 Å². The summed E-state index contributed by atoms with van der Waals surface area (Å²) >= 11 is 0. The first kappa shape index (κ1) is 25.7. The fraction of sp³-hybridized carbons (Fsp3) is 0.355. The minimum atomic E-state index is 0.661. The molecule has 0 bridgehead atoms. The Morgan fingerprint density at radius 3 is 2.56 bits per heavy atom. The van der Waals surface area contributed by atoms with E-state index in [-0.39, 0.29) is 0 Å². The van der Waals surface area contributed by atoms with E-state index in [4.69, 9.17) is 4.74 Å². The second-order valence-corrected chi connectivity index (χ2v) is 10.9. The quantitative estimate of drug-likeness (QED) is 0.280. The highest BCUT2D eigenvalue weighted by Crippen LogP contribution is 2.27. The third kappa shape index (κ3) is 5.94. The molecule has 4 aromatic heterocycles. The molecule has 0 spiro atoms. The average Bonchev–Trinajstić information content (AvgIpc) is 3.63. The number of piperazine rings is 1. The van der Waals surface area contributed by atoms with Crippen molar-refractivity contribution in [2.75, 3.05) is 44.6 Å². The number of aryl methyl sites for hydroxylation is 1. The van der Waals surface area contributed by atoms with Gasteiger partial charge < -0.3 is 10.1 Å². The summed E-state index contributed by atoms with van der Waals surface area (Å²) in [6, 6.07) is 15.3. The summed E-state index contributed by atoms with van der Waals surface area (Å²) in [5, 5.41) is 7.68. The first-order valence-electron chi connectivity index (χ1n) is 14.4. The van der Waals surface area contributed by atoms with Crippen LogP contribution in [0.3, 0.4) is 0 Å². The Bertz CT molecular complexity index is 1610. The Labute approximate surface area is 239 Å². The Kier molecular flexibility index (Phi) is 7.08. The molecule has 10 nitrogen and oxygen atoms in total. The van der Waals surface area contributed by atoms with Crippen LogP contribution in [0.2, 0.25) is 0 Å². The SMILES string of the molecule is Cn1cc(-c2ccc(CNc3cc(-c4cnc5cc(OCCN6CCN(C7CC7)CC6)ccn45)ncn3)cc2)cn1. The van der Waals surface area contributed by atoms with Crippen LogP contribution in [0.4, 0.5) is 5.82 Å². The summed E-state index contributed by atoms with van der Waals surface area (Å²) in [5.41, 5.74) is 5.97. The Balaban J connectivity index is 0.950. The molecule has 7 rings (SSSR count). The Morgan fingerprint density at radius 2 is 1.78 bits per heavy atom. The predicted molar refractivity (Wildman–Crippen MR) is 159 cm³/mol. The van der Waals surface area contributed by atoms with Crippen LogP contribution in [-0.2, 0) is 13.6 Å². The molecule has 2 fully saturated rings. The van der Waals surface area contributed by atoms with Crippen LogP contribution in [0.5, 0.6) is 5.75 Å².